The largest absolute Gasteiger partial charge is 0.756 e. The molecule has 0 bridgehead atoms. The van der Waals surface area contributed by atoms with Crippen molar-refractivity contribution in [3.63, 3.8) is 0 Å². The summed E-state index contributed by atoms with van der Waals surface area (Å²) in [4.78, 5) is 103. The summed E-state index contributed by atoms with van der Waals surface area (Å²) in [5.74, 6) is -2.67. The van der Waals surface area contributed by atoms with Crippen molar-refractivity contribution in [3.8, 4) is 0 Å². The normalized spacial score (nSPS) is 33.5. The predicted octanol–water partition coefficient (Wildman–Crippen LogP) is -0.0869. The quantitative estimate of drug-likeness (QED) is 0.0284. The second-order valence-electron chi connectivity index (χ2n) is 30.4. The zero-order valence-corrected chi connectivity index (χ0v) is 73.4. The number of hydrogen-bond donors (Lipinski definition) is 9. The minimum Gasteiger partial charge on any atom is -0.756 e. The lowest BCUT2D eigenvalue weighted by atomic mass is 9.86. The Labute approximate surface area is 703 Å². The summed E-state index contributed by atoms with van der Waals surface area (Å²) in [7, 11) is -25.4. The van der Waals surface area contributed by atoms with Gasteiger partial charge in [0.2, 0.25) is 0 Å². The average Bonchev–Trinajstić information content (AvgIpc) is 1.81. The van der Waals surface area contributed by atoms with Gasteiger partial charge in [-0.1, -0.05) is 85.5 Å². The van der Waals surface area contributed by atoms with E-state index in [1.54, 1.807) is 27.7 Å². The summed E-state index contributed by atoms with van der Waals surface area (Å²) >= 11 is 0. The van der Waals surface area contributed by atoms with Crippen molar-refractivity contribution < 1.29 is 214 Å². The maximum Gasteiger partial charge on any atom is 0.268 e. The van der Waals surface area contributed by atoms with Crippen molar-refractivity contribution >= 4 is 56.5 Å². The maximum atomic E-state index is 13.3. The van der Waals surface area contributed by atoms with Crippen molar-refractivity contribution in [1.29, 1.82) is 0 Å². The number of phosphoric acid groups is 5. The molecule has 0 amide bonds. The molecule has 6 saturated heterocycles. The zero-order chi connectivity index (χ0) is 88.9. The van der Waals surface area contributed by atoms with Gasteiger partial charge in [0.25, 0.3) is 39.1 Å². The number of carbonyl (C=O) groups is 3. The topological polar surface area (TPSA) is 646 Å². The van der Waals surface area contributed by atoms with Crippen molar-refractivity contribution in [1.82, 2.24) is 0 Å². The van der Waals surface area contributed by atoms with Crippen LogP contribution < -0.4 is 24.5 Å². The molecule has 0 aliphatic carbocycles. The van der Waals surface area contributed by atoms with Gasteiger partial charge in [0, 0.05) is 89.1 Å². The maximum absolute atomic E-state index is 13.3. The van der Waals surface area contributed by atoms with Gasteiger partial charge in [0.05, 0.1) is 122 Å². The van der Waals surface area contributed by atoms with E-state index in [0.717, 1.165) is 6.42 Å². The Morgan fingerprint density at radius 1 is 0.314 bits per heavy atom. The number of methoxy groups -OCH3 is 1. The van der Waals surface area contributed by atoms with E-state index >= 15 is 0 Å². The van der Waals surface area contributed by atoms with Gasteiger partial charge in [0.15, 0.2) is 55.1 Å². The Kier molecular flexibility index (Phi) is 50.0. The lowest BCUT2D eigenvalue weighted by Crippen LogP contribution is -2.55. The number of ether oxygens (including phenoxy) is 13. The van der Waals surface area contributed by atoms with E-state index in [9.17, 15) is 108 Å². The van der Waals surface area contributed by atoms with Crippen LogP contribution in [-0.4, -0.2) is 313 Å². The number of Topliss-reactive ketones (excluding diaryl/α,β-unsaturated/α-hetero) is 3. The molecule has 6 heterocycles. The standard InChI is InChI=1S/C71H131O45P5/c1-45-55(36-72)111-69(46(2)64(45)79)98-40-49(76)21-15-10-7-13-19-25-96-62-34-53(115-119(88,89)103-28-27-94-5)59(109-62)43-106-118(86,87)102-30-32-105-121(92,93)116-54-35-63(97-26-20-14-8-11-17-23-51(78)42-100-71-48(4)66(81)68(83)58(39-75)113-71)110-60(54)44-107-117(84,85)101-29-31-104-120(90,91)114-52-33-61(108-56(52)37-73)95-24-18-12-6-9-16-22-50(77)41-99-70-47(3)65(80)67(82)57(38-74)112-70/h45-48,52-75,79-83H,6-44H2,1-5H3,(H,84,85)(H,86,87)(H,88,89)(H,90,91)(H,92,93)/p-5/t45-,46?,47?,48?,52?,53+,54+,55?,56+,57?,58?,59?,60?,61-,62-,63-,64-,65+,66+,67-,68-,69+,70+,71+/m0/s1. The van der Waals surface area contributed by atoms with Gasteiger partial charge in [-0.25, -0.2) is 0 Å². The van der Waals surface area contributed by atoms with Crippen LogP contribution in [0.4, 0.5) is 0 Å². The lowest BCUT2D eigenvalue weighted by Gasteiger charge is -2.41. The first-order valence-electron chi connectivity index (χ1n) is 41.0. The van der Waals surface area contributed by atoms with Gasteiger partial charge in [-0.05, 0) is 38.5 Å². The van der Waals surface area contributed by atoms with E-state index in [-0.39, 0.29) is 108 Å². The molecule has 0 aromatic carbocycles. The number of aliphatic hydroxyl groups is 9. The molecule has 0 radical (unpaired) electrons. The molecule has 0 aromatic rings. The van der Waals surface area contributed by atoms with Crippen LogP contribution in [0.25, 0.3) is 0 Å². The molecule has 6 aliphatic heterocycles. The molecular formula is C71H126O45P5-5. The molecule has 6 aliphatic rings. The molecule has 29 atom stereocenters. The third kappa shape index (κ3) is 39.7. The molecule has 6 fully saturated rings. The number of unbranched alkanes of at least 4 members (excludes halogenated alkanes) is 12. The molecule has 0 saturated carbocycles. The Morgan fingerprint density at radius 3 is 0.926 bits per heavy atom. The monoisotopic (exact) mass is 1850 g/mol. The fraction of sp³-hybridized carbons (Fsp3) is 0.958. The van der Waals surface area contributed by atoms with Gasteiger partial charge in [0.1, 0.15) is 62.5 Å². The van der Waals surface area contributed by atoms with Crippen molar-refractivity contribution in [2.24, 2.45) is 23.7 Å². The number of rotatable bonds is 66. The van der Waals surface area contributed by atoms with Gasteiger partial charge in [-0.3, -0.25) is 37.2 Å². The van der Waals surface area contributed by atoms with E-state index in [2.05, 4.69) is 0 Å². The van der Waals surface area contributed by atoms with Gasteiger partial charge in [-0.2, -0.15) is 0 Å². The van der Waals surface area contributed by atoms with Gasteiger partial charge < -0.3 is 177 Å². The number of hydrogen-bond acceptors (Lipinski definition) is 45. The zero-order valence-electron chi connectivity index (χ0n) is 68.9. The smallest absolute Gasteiger partial charge is 0.268 e. The van der Waals surface area contributed by atoms with Crippen LogP contribution in [-0.2, 0) is 144 Å². The summed E-state index contributed by atoms with van der Waals surface area (Å²) in [6.45, 7) is -2.42. The first-order chi connectivity index (χ1) is 57.4. The highest BCUT2D eigenvalue weighted by Crippen LogP contribution is 2.49. The molecule has 710 valence electrons. The van der Waals surface area contributed by atoms with Crippen LogP contribution in [0.3, 0.4) is 0 Å². The Balaban J connectivity index is 0.914. The molecule has 0 spiro atoms. The van der Waals surface area contributed by atoms with E-state index < -0.39 is 253 Å². The Hall–Kier alpha value is -1.32. The Morgan fingerprint density at radius 2 is 0.595 bits per heavy atom. The van der Waals surface area contributed by atoms with Crippen LogP contribution in [0.2, 0.25) is 0 Å². The molecule has 0 aromatic heterocycles. The second-order valence-corrected chi connectivity index (χ2v) is 37.3. The third-order valence-electron chi connectivity index (χ3n) is 20.9. The van der Waals surface area contributed by atoms with E-state index in [1.807, 2.05) is 0 Å². The molecular weight excluding hydrogens is 1730 g/mol. The number of phosphoric ester groups is 5. The average molecular weight is 1850 g/mol. The van der Waals surface area contributed by atoms with E-state index in [4.69, 9.17) is 107 Å². The second kappa shape index (κ2) is 55.8. The molecule has 50 heteroatoms. The number of carbonyl (C=O) groups excluding carboxylic acids is 3. The van der Waals surface area contributed by atoms with E-state index in [0.29, 0.717) is 89.9 Å². The fourth-order valence-corrected chi connectivity index (χ4v) is 17.9. The summed E-state index contributed by atoms with van der Waals surface area (Å²) < 4.78 is 188. The van der Waals surface area contributed by atoms with Crippen LogP contribution in [0.15, 0.2) is 0 Å². The fourth-order valence-electron chi connectivity index (χ4n) is 13.7. The van der Waals surface area contributed by atoms with Crippen LogP contribution in [0.1, 0.15) is 163 Å². The molecule has 6 rings (SSSR count). The van der Waals surface area contributed by atoms with E-state index in [1.165, 1.54) is 7.11 Å². The minimum atomic E-state index is -5.52. The Bertz CT molecular complexity index is 3190. The first-order valence-corrected chi connectivity index (χ1v) is 48.4. The summed E-state index contributed by atoms with van der Waals surface area (Å²) in [6, 6.07) is 0. The lowest BCUT2D eigenvalue weighted by molar-refractivity contribution is -0.280. The highest BCUT2D eigenvalue weighted by molar-refractivity contribution is 7.47. The SMILES string of the molecule is COCCOP(=O)([O-])O[C@@H]1C[C@@H](OCCCCCCCC(=O)CO[C@@H]2OC(CO)[C@H](C)[C@H](O)C2C)OC1COP(=O)([O-])OCCOP(=O)([O-])O[C@@H]1C[C@@H](OCCCCCCCC(=O)CO[C@@H]2OC(CO)[C@H](O)[C@H](O)C2C)OC1COP(=O)([O-])OCCOP(=O)([O-])OC1C[C@@H](OCCCCCCCC(=O)CO[C@@H]2OC(CO)[C@H](O)[C@H](O)C2C)O[C@@H]1CO. The van der Waals surface area contributed by atoms with Crippen LogP contribution in [0.5, 0.6) is 0 Å². The summed E-state index contributed by atoms with van der Waals surface area (Å²) in [5.41, 5.74) is 0. The minimum absolute atomic E-state index is 0.0133. The highest BCUT2D eigenvalue weighted by atomic mass is 31.2. The molecule has 121 heavy (non-hydrogen) atoms. The molecule has 9 N–H and O–H groups in total. The van der Waals surface area contributed by atoms with Crippen molar-refractivity contribution in [3.05, 3.63) is 0 Å². The van der Waals surface area contributed by atoms with Crippen molar-refractivity contribution in [2.75, 3.05) is 126 Å². The summed E-state index contributed by atoms with van der Waals surface area (Å²) in [5, 5.41) is 89.6. The number of ketones is 3. The summed E-state index contributed by atoms with van der Waals surface area (Å²) in [6.07, 6.45) is -14.5. The molecule has 45 nitrogen and oxygen atoms in total. The van der Waals surface area contributed by atoms with Crippen LogP contribution >= 0.6 is 39.1 Å². The van der Waals surface area contributed by atoms with Gasteiger partial charge >= 0.3 is 0 Å². The van der Waals surface area contributed by atoms with Crippen LogP contribution in [0, 0.1) is 23.7 Å². The van der Waals surface area contributed by atoms with Gasteiger partial charge in [-0.15, -0.1) is 0 Å². The first kappa shape index (κ1) is 108. The highest BCUT2D eigenvalue weighted by Gasteiger charge is 2.47. The number of aliphatic hydroxyl groups excluding tert-OH is 9. The van der Waals surface area contributed by atoms with Crippen molar-refractivity contribution in [2.45, 2.75) is 286 Å². The third-order valence-corrected chi connectivity index (χ3v) is 25.9. The predicted molar refractivity (Wildman–Crippen MR) is 401 cm³/mol. The molecule has 14 unspecified atom stereocenters.